The summed E-state index contributed by atoms with van der Waals surface area (Å²) in [6.07, 6.45) is 4.94. The second-order valence-electron chi connectivity index (χ2n) is 33.7. The van der Waals surface area contributed by atoms with Gasteiger partial charge < -0.3 is 68.9 Å². The highest BCUT2D eigenvalue weighted by atomic mass is 35.5. The molecule has 14 N–H and O–H groups in total. The van der Waals surface area contributed by atoms with Crippen molar-refractivity contribution in [1.82, 2.24) is 53.6 Å². The van der Waals surface area contributed by atoms with Crippen LogP contribution in [-0.2, 0) is 49.2 Å². The van der Waals surface area contributed by atoms with Gasteiger partial charge in [-0.05, 0) is 74.9 Å². The first-order valence-corrected chi connectivity index (χ1v) is 36.5. The van der Waals surface area contributed by atoms with Gasteiger partial charge in [-0.3, -0.25) is 24.0 Å². The summed E-state index contributed by atoms with van der Waals surface area (Å²) in [5.41, 5.74) is 13.2. The number of hydrogen-bond donors (Lipinski definition) is 11. The Labute approximate surface area is 576 Å². The Morgan fingerprint density at radius 3 is 1.19 bits per heavy atom. The second-order valence-corrected chi connectivity index (χ2v) is 37.8. The molecular weight excluding hydrogens is 1300 g/mol. The Balaban J connectivity index is 0.000000299. The summed E-state index contributed by atoms with van der Waals surface area (Å²) in [4.78, 5) is 106. The second kappa shape index (κ2) is 30.2. The van der Waals surface area contributed by atoms with Gasteiger partial charge in [0.1, 0.15) is 30.3 Å². The summed E-state index contributed by atoms with van der Waals surface area (Å²) in [6, 6.07) is -7.36. The lowest BCUT2D eigenvalue weighted by Crippen LogP contribution is -2.63. The molecular formula is C64H117ClN14O15S2. The molecule has 32 heteroatoms. The van der Waals surface area contributed by atoms with Gasteiger partial charge in [0.15, 0.2) is 6.10 Å². The Morgan fingerprint density at radius 1 is 0.531 bits per heavy atom. The van der Waals surface area contributed by atoms with Crippen molar-refractivity contribution in [1.29, 1.82) is 0 Å². The van der Waals surface area contributed by atoms with E-state index < -0.39 is 150 Å². The average molecular weight is 1420 g/mol. The highest BCUT2D eigenvalue weighted by molar-refractivity contribution is 7.87. The zero-order valence-electron chi connectivity index (χ0n) is 59.9. The monoisotopic (exact) mass is 1420 g/mol. The van der Waals surface area contributed by atoms with Crippen LogP contribution in [-0.4, -0.2) is 234 Å². The Hall–Kier alpha value is -4.73. The van der Waals surface area contributed by atoms with Crippen LogP contribution in [0.1, 0.15) is 162 Å². The van der Waals surface area contributed by atoms with E-state index in [0.717, 1.165) is 19.3 Å². The minimum atomic E-state index is -3.62. The quantitative estimate of drug-likeness (QED) is 0.0777. The first-order chi connectivity index (χ1) is 43.3. The van der Waals surface area contributed by atoms with Gasteiger partial charge in [-0.15, -0.1) is 12.4 Å². The number of fused-ring (bicyclic) bond motifs is 2. The van der Waals surface area contributed by atoms with E-state index in [9.17, 15) is 65.4 Å². The van der Waals surface area contributed by atoms with Gasteiger partial charge in [-0.2, -0.15) is 34.1 Å². The van der Waals surface area contributed by atoms with Crippen LogP contribution < -0.4 is 43.8 Å². The van der Waals surface area contributed by atoms with Crippen molar-refractivity contribution in [3.8, 4) is 0 Å². The first kappa shape index (κ1) is 81.9. The summed E-state index contributed by atoms with van der Waals surface area (Å²) in [5.74, 6) is -3.07. The van der Waals surface area contributed by atoms with Gasteiger partial charge in [0.2, 0.25) is 29.5 Å². The van der Waals surface area contributed by atoms with Crippen LogP contribution >= 0.6 is 12.4 Å². The lowest BCUT2D eigenvalue weighted by Gasteiger charge is -2.39. The van der Waals surface area contributed by atoms with Crippen molar-refractivity contribution >= 4 is 80.4 Å². The van der Waals surface area contributed by atoms with Gasteiger partial charge in [0, 0.05) is 90.5 Å². The number of aliphatic hydroxyl groups excluding tert-OH is 2. The third-order valence-corrected chi connectivity index (χ3v) is 25.8. The predicted molar refractivity (Wildman–Crippen MR) is 364 cm³/mol. The molecule has 4 saturated heterocycles. The van der Waals surface area contributed by atoms with Crippen LogP contribution in [0, 0.1) is 68.0 Å². The fourth-order valence-corrected chi connectivity index (χ4v) is 17.1. The van der Waals surface area contributed by atoms with Crippen LogP contribution in [0.5, 0.6) is 0 Å². The normalized spacial score (nSPS) is 27.8. The number of carboxylic acid groups (broad SMARTS) is 1. The molecule has 0 aromatic rings. The molecule has 4 aliphatic carbocycles. The molecule has 4 aliphatic heterocycles. The number of rotatable bonds is 21. The summed E-state index contributed by atoms with van der Waals surface area (Å²) < 4.78 is 55.9. The molecule has 0 radical (unpaired) electrons. The van der Waals surface area contributed by atoms with Gasteiger partial charge in [0.25, 0.3) is 20.4 Å². The number of carboxylic acids is 1. The van der Waals surface area contributed by atoms with E-state index in [0.29, 0.717) is 58.0 Å². The van der Waals surface area contributed by atoms with E-state index in [1.54, 1.807) is 0 Å². The summed E-state index contributed by atoms with van der Waals surface area (Å²) in [7, 11) is -4.15. The van der Waals surface area contributed by atoms with E-state index in [1.165, 1.54) is 60.4 Å². The fraction of sp³-hybridized carbons (Fsp3) is 0.875. The number of likely N-dealkylation sites (tertiary alicyclic amines) is 2. The zero-order chi connectivity index (χ0) is 72.2. The van der Waals surface area contributed by atoms with Gasteiger partial charge in [-0.25, -0.2) is 14.4 Å². The minimum absolute atomic E-state index is 0. The smallest absolute Gasteiger partial charge is 0.326 e. The number of aliphatic hydroxyl groups is 2. The Morgan fingerprint density at radius 2 is 0.885 bits per heavy atom. The molecule has 4 saturated carbocycles. The molecule has 552 valence electrons. The van der Waals surface area contributed by atoms with E-state index >= 15 is 0 Å². The molecule has 0 spiro atoms. The third-order valence-electron chi connectivity index (χ3n) is 21.9. The zero-order valence-corrected chi connectivity index (χ0v) is 62.4. The van der Waals surface area contributed by atoms with Crippen molar-refractivity contribution in [3.05, 3.63) is 0 Å². The number of likely N-dealkylation sites (N-methyl/N-ethyl adjacent to an activating group) is 2. The molecule has 8 fully saturated rings. The fourth-order valence-electron chi connectivity index (χ4n) is 14.4. The molecule has 96 heavy (non-hydrogen) atoms. The van der Waals surface area contributed by atoms with Gasteiger partial charge >= 0.3 is 18.0 Å². The van der Waals surface area contributed by atoms with E-state index in [2.05, 4.69) is 40.4 Å². The average Bonchev–Trinajstić information content (AvgIpc) is 1.53. The van der Waals surface area contributed by atoms with Crippen molar-refractivity contribution in [2.24, 2.45) is 85.2 Å². The maximum atomic E-state index is 14.4. The molecule has 0 aromatic heterocycles. The number of urea groups is 2. The van der Waals surface area contributed by atoms with Crippen molar-refractivity contribution in [3.63, 3.8) is 0 Å². The predicted octanol–water partition coefficient (Wildman–Crippen LogP) is 1.56. The van der Waals surface area contributed by atoms with Crippen molar-refractivity contribution < 1.29 is 70.5 Å². The molecule has 14 atom stereocenters. The number of nitrogens with one attached hydrogen (secondary N) is 5. The van der Waals surface area contributed by atoms with E-state index in [4.69, 9.17) is 22.3 Å². The first-order valence-electron chi connectivity index (χ1n) is 33.7. The lowest BCUT2D eigenvalue weighted by molar-refractivity contribution is -0.152. The number of amides is 9. The van der Waals surface area contributed by atoms with Crippen molar-refractivity contribution in [2.75, 3.05) is 66.5 Å². The highest BCUT2D eigenvalue weighted by Gasteiger charge is 2.71. The highest BCUT2D eigenvalue weighted by Crippen LogP contribution is 2.66. The van der Waals surface area contributed by atoms with Gasteiger partial charge in [-0.1, -0.05) is 149 Å². The minimum Gasteiger partial charge on any atom is -0.480 e. The molecule has 4 heterocycles. The Kier molecular flexibility index (Phi) is 25.8. The molecule has 8 aliphatic rings. The number of primary amides is 2. The number of nitrogens with two attached hydrogens (primary N) is 3. The van der Waals surface area contributed by atoms with Crippen LogP contribution in [0.3, 0.4) is 0 Å². The number of halogens is 1. The van der Waals surface area contributed by atoms with Gasteiger partial charge in [0.05, 0.1) is 6.04 Å². The molecule has 0 aromatic carbocycles. The maximum Gasteiger partial charge on any atom is 0.326 e. The SMILES string of the molecule is CN1CCN(C[C@@H](NC(=O)N[C@H](C(=O)N2C[C@H]3[C@@H]([C@H]2C(=O)N[C@H](CC2CCC2)C(O)C(N)=O)C3(C)C)C(C)(C)C)C(C)(C)C)S1(=O)=O.CN1CCN(C[C@@H](NC(=O)N[C@H](C(=O)N2C[C@H]3[C@@H]([C@H]2C(=O)O)C3(C)C)C(C)(C)C)C(C)(C)C)S1(=O)=O.Cl.NC(=O)C(O)[C@H](N)CC1CCC1. The number of carbonyl (C=O) groups excluding carboxylic acids is 7. The van der Waals surface area contributed by atoms with Crippen LogP contribution in [0.15, 0.2) is 0 Å². The lowest BCUT2D eigenvalue weighted by atomic mass is 9.79. The topological polar surface area (TPSA) is 423 Å². The summed E-state index contributed by atoms with van der Waals surface area (Å²) in [5, 5.41) is 44.0. The third kappa shape index (κ3) is 18.6. The largest absolute Gasteiger partial charge is 0.480 e. The number of carbonyl (C=O) groups is 8. The number of hydrogen-bond acceptors (Lipinski definition) is 15. The summed E-state index contributed by atoms with van der Waals surface area (Å²) in [6.45, 7) is 32.8. The standard InChI is InChI=1S/C32H57N7O7S.C24H43N5O6S.C8H16N2O2.ClH/c1-30(2,3)21(17-38-14-13-37(9)47(38,45)46)35-29(44)36-25(31(4,5)6)28(43)39-16-19-22(32(19,7)8)23(39)27(42)34-20(24(40)26(33)41)15-18-11-10-12-18;1-22(2,3)15(13-28-11-10-27(9)36(28,34)35)25-21(33)26-18(23(4,5)6)19(30)29-12-14-16(24(14,7)8)17(29)20(31)32;9-6(7(11)8(10)12)4-5-2-1-3-5;/h18-25,40H,10-17H2,1-9H3,(H2,33,41)(H,34,42)(H2,35,36,44);14-18H,10-13H2,1-9H3,(H,31,32)(H2,25,26,33);5-7,11H,1-4,9H2,(H2,10,12);1H/t19-,20+,21+,22-,23-,24?,25+;14-,15+,16-,17-,18+;6-,7?;/m001./s1. The molecule has 0 bridgehead atoms. The summed E-state index contributed by atoms with van der Waals surface area (Å²) >= 11 is 0. The van der Waals surface area contributed by atoms with E-state index in [-0.39, 0.29) is 65.9 Å². The number of nitrogens with zero attached hydrogens (tertiary/aromatic N) is 6. The number of aliphatic carboxylic acids is 1. The van der Waals surface area contributed by atoms with Crippen LogP contribution in [0.25, 0.3) is 0 Å². The molecule has 2 unspecified atom stereocenters. The molecule has 29 nitrogen and oxygen atoms in total. The number of piperidine rings is 2. The molecule has 9 amide bonds. The maximum absolute atomic E-state index is 14.4. The van der Waals surface area contributed by atoms with Crippen molar-refractivity contribution in [2.45, 2.75) is 223 Å². The Bertz CT molecular complexity index is 3070. The van der Waals surface area contributed by atoms with E-state index in [1.807, 2.05) is 96.9 Å². The van der Waals surface area contributed by atoms with Crippen LogP contribution in [0.4, 0.5) is 9.59 Å². The molecule has 8 rings (SSSR count). The van der Waals surface area contributed by atoms with Crippen LogP contribution in [0.2, 0.25) is 0 Å².